The number of fused-ring (bicyclic) bond motifs is 8. The van der Waals surface area contributed by atoms with E-state index in [1.54, 1.807) is 0 Å². The summed E-state index contributed by atoms with van der Waals surface area (Å²) in [5.74, 6) is 2.23. The highest BCUT2D eigenvalue weighted by Crippen LogP contribution is 2.46. The van der Waals surface area contributed by atoms with E-state index in [0.717, 1.165) is 55.8 Å². The molecule has 6 aromatic carbocycles. The lowest BCUT2D eigenvalue weighted by Crippen LogP contribution is -2.06. The zero-order chi connectivity index (χ0) is 28.1. The lowest BCUT2D eigenvalue weighted by molar-refractivity contribution is 0.486. The molecule has 200 valence electrons. The van der Waals surface area contributed by atoms with Crippen LogP contribution in [0.3, 0.4) is 0 Å². The van der Waals surface area contributed by atoms with Crippen LogP contribution in [0.25, 0.3) is 77.4 Å². The maximum Gasteiger partial charge on any atom is 0.235 e. The first kappa shape index (κ1) is 22.7. The number of benzene rings is 6. The molecule has 1 aliphatic rings. The van der Waals surface area contributed by atoms with Crippen LogP contribution in [0.2, 0.25) is 0 Å². The van der Waals surface area contributed by atoms with Gasteiger partial charge in [-0.3, -0.25) is 4.57 Å². The quantitative estimate of drug-likeness (QED) is 0.215. The molecule has 0 unspecified atom stereocenters. The molecule has 0 amide bonds. The highest BCUT2D eigenvalue weighted by molar-refractivity contribution is 6.16. The molecule has 0 saturated heterocycles. The standard InChI is InChI=1S/C38H22N4O/c1-5-16-28-23(11-1)24-12-2-6-17-29(24)41(28)31-19-10-20-32-35(31)25-13-3-7-18-30(25)42(32)38-39-27-15-9-22-34-36(27)37(40-38)26-14-4-8-21-33(26)43-34/h1-22H. The largest absolute Gasteiger partial charge is 0.456 e. The van der Waals surface area contributed by atoms with Gasteiger partial charge in [0, 0.05) is 27.1 Å². The van der Waals surface area contributed by atoms with Crippen molar-refractivity contribution in [1.82, 2.24) is 19.1 Å². The third-order valence-corrected chi connectivity index (χ3v) is 8.73. The van der Waals surface area contributed by atoms with E-state index in [-0.39, 0.29) is 0 Å². The third-order valence-electron chi connectivity index (χ3n) is 8.73. The van der Waals surface area contributed by atoms with Crippen molar-refractivity contribution >= 4 is 54.5 Å². The first-order valence-electron chi connectivity index (χ1n) is 14.4. The molecule has 43 heavy (non-hydrogen) atoms. The maximum atomic E-state index is 6.26. The molecule has 0 radical (unpaired) electrons. The second-order valence-corrected chi connectivity index (χ2v) is 11.0. The second kappa shape index (κ2) is 8.30. The first-order chi connectivity index (χ1) is 21.3. The Morgan fingerprint density at radius 1 is 0.442 bits per heavy atom. The zero-order valence-electron chi connectivity index (χ0n) is 22.9. The molecular formula is C38H22N4O. The number of hydrogen-bond acceptors (Lipinski definition) is 3. The van der Waals surface area contributed by atoms with Gasteiger partial charge in [0.2, 0.25) is 5.95 Å². The van der Waals surface area contributed by atoms with Gasteiger partial charge in [-0.15, -0.1) is 0 Å². The minimum absolute atomic E-state index is 0.641. The summed E-state index contributed by atoms with van der Waals surface area (Å²) in [6, 6.07) is 46.5. The number of nitrogens with zero attached hydrogens (tertiary/aromatic N) is 4. The van der Waals surface area contributed by atoms with Gasteiger partial charge in [0.05, 0.1) is 44.4 Å². The van der Waals surface area contributed by atoms with Gasteiger partial charge in [0.1, 0.15) is 11.5 Å². The predicted octanol–water partition coefficient (Wildman–Crippen LogP) is 9.60. The molecule has 1 aliphatic heterocycles. The van der Waals surface area contributed by atoms with E-state index in [0.29, 0.717) is 5.95 Å². The van der Waals surface area contributed by atoms with Crippen LogP contribution in [0.4, 0.5) is 0 Å². The van der Waals surface area contributed by atoms with Crippen LogP contribution in [0.1, 0.15) is 0 Å². The molecule has 0 fully saturated rings. The van der Waals surface area contributed by atoms with Gasteiger partial charge in [-0.25, -0.2) is 9.97 Å². The average molecular weight is 551 g/mol. The van der Waals surface area contributed by atoms with Crippen molar-refractivity contribution < 1.29 is 4.74 Å². The third kappa shape index (κ3) is 3.00. The second-order valence-electron chi connectivity index (χ2n) is 11.0. The molecule has 0 atom stereocenters. The fourth-order valence-electron chi connectivity index (χ4n) is 6.97. The smallest absolute Gasteiger partial charge is 0.235 e. The molecule has 5 nitrogen and oxygen atoms in total. The number of para-hydroxylation sites is 4. The molecule has 9 aromatic rings. The minimum Gasteiger partial charge on any atom is -0.456 e. The van der Waals surface area contributed by atoms with Crippen molar-refractivity contribution in [2.75, 3.05) is 0 Å². The van der Waals surface area contributed by atoms with Crippen LogP contribution in [0.15, 0.2) is 133 Å². The molecular weight excluding hydrogens is 528 g/mol. The highest BCUT2D eigenvalue weighted by atomic mass is 16.5. The number of ether oxygens (including phenoxy) is 1. The van der Waals surface area contributed by atoms with Crippen molar-refractivity contribution in [3.8, 4) is 34.4 Å². The van der Waals surface area contributed by atoms with Gasteiger partial charge in [-0.2, -0.15) is 0 Å². The van der Waals surface area contributed by atoms with Crippen molar-refractivity contribution in [2.45, 2.75) is 0 Å². The Balaban J connectivity index is 1.34. The molecule has 10 rings (SSSR count). The van der Waals surface area contributed by atoms with Crippen molar-refractivity contribution in [2.24, 2.45) is 0 Å². The van der Waals surface area contributed by atoms with E-state index in [4.69, 9.17) is 14.7 Å². The Morgan fingerprint density at radius 3 is 1.84 bits per heavy atom. The molecule has 0 aliphatic carbocycles. The van der Waals surface area contributed by atoms with Crippen molar-refractivity contribution in [1.29, 1.82) is 0 Å². The summed E-state index contributed by atoms with van der Waals surface area (Å²) >= 11 is 0. The van der Waals surface area contributed by atoms with Crippen LogP contribution in [-0.4, -0.2) is 19.1 Å². The monoisotopic (exact) mass is 550 g/mol. The van der Waals surface area contributed by atoms with Gasteiger partial charge >= 0.3 is 0 Å². The Bertz CT molecular complexity index is 2560. The van der Waals surface area contributed by atoms with Gasteiger partial charge in [-0.05, 0) is 54.6 Å². The predicted molar refractivity (Wildman–Crippen MR) is 174 cm³/mol. The summed E-state index contributed by atoms with van der Waals surface area (Å²) in [5.41, 5.74) is 8.34. The Morgan fingerprint density at radius 2 is 1.05 bits per heavy atom. The zero-order valence-corrected chi connectivity index (χ0v) is 22.9. The van der Waals surface area contributed by atoms with Gasteiger partial charge < -0.3 is 9.30 Å². The lowest BCUT2D eigenvalue weighted by Gasteiger charge is -2.21. The fraction of sp³-hybridized carbons (Fsp3) is 0. The summed E-state index contributed by atoms with van der Waals surface area (Å²) in [4.78, 5) is 10.4. The molecule has 0 spiro atoms. The topological polar surface area (TPSA) is 44.9 Å². The van der Waals surface area contributed by atoms with Gasteiger partial charge in [0.15, 0.2) is 0 Å². The van der Waals surface area contributed by atoms with E-state index in [2.05, 4.69) is 106 Å². The van der Waals surface area contributed by atoms with Crippen LogP contribution in [0.5, 0.6) is 11.5 Å². The van der Waals surface area contributed by atoms with Crippen LogP contribution in [0, 0.1) is 0 Å². The van der Waals surface area contributed by atoms with E-state index in [9.17, 15) is 0 Å². The van der Waals surface area contributed by atoms with Gasteiger partial charge in [-0.1, -0.05) is 78.9 Å². The number of rotatable bonds is 2. The highest BCUT2D eigenvalue weighted by Gasteiger charge is 2.25. The molecule has 4 heterocycles. The van der Waals surface area contributed by atoms with Gasteiger partial charge in [0.25, 0.3) is 0 Å². The average Bonchev–Trinajstić information content (AvgIpc) is 3.58. The number of hydrogen-bond donors (Lipinski definition) is 0. The normalized spacial score (nSPS) is 12.4. The van der Waals surface area contributed by atoms with E-state index in [1.165, 1.54) is 27.2 Å². The summed E-state index contributed by atoms with van der Waals surface area (Å²) in [6.07, 6.45) is 0. The SMILES string of the molecule is c1ccc2c(c1)Oc1cccc3nc(-n4c5ccccc5c5c(-n6c7ccccc7c7ccccc76)cccc54)nc-2c13. The summed E-state index contributed by atoms with van der Waals surface area (Å²) in [6.45, 7) is 0. The Labute approximate surface area is 245 Å². The minimum atomic E-state index is 0.641. The van der Waals surface area contributed by atoms with Crippen molar-refractivity contribution in [3.05, 3.63) is 133 Å². The van der Waals surface area contributed by atoms with Crippen LogP contribution < -0.4 is 4.74 Å². The molecule has 3 aromatic heterocycles. The number of aromatic nitrogens is 4. The molecule has 0 saturated carbocycles. The van der Waals surface area contributed by atoms with E-state index < -0.39 is 0 Å². The summed E-state index contributed by atoms with van der Waals surface area (Å²) < 4.78 is 10.9. The van der Waals surface area contributed by atoms with Crippen molar-refractivity contribution in [3.63, 3.8) is 0 Å². The van der Waals surface area contributed by atoms with Crippen LogP contribution >= 0.6 is 0 Å². The first-order valence-corrected chi connectivity index (χ1v) is 14.4. The summed E-state index contributed by atoms with van der Waals surface area (Å²) in [5, 5.41) is 5.75. The van der Waals surface area contributed by atoms with Crippen LogP contribution in [-0.2, 0) is 0 Å². The summed E-state index contributed by atoms with van der Waals surface area (Å²) in [7, 11) is 0. The molecule has 5 heteroatoms. The molecule has 0 N–H and O–H groups in total. The fourth-order valence-corrected chi connectivity index (χ4v) is 6.97. The lowest BCUT2D eigenvalue weighted by atomic mass is 10.0. The Kier molecular flexibility index (Phi) is 4.39. The van der Waals surface area contributed by atoms with E-state index in [1.807, 2.05) is 36.4 Å². The van der Waals surface area contributed by atoms with E-state index >= 15 is 0 Å². The Hall–Kier alpha value is -5.94. The maximum absolute atomic E-state index is 6.26. The molecule has 0 bridgehead atoms.